The summed E-state index contributed by atoms with van der Waals surface area (Å²) in [6, 6.07) is 22.1. The second-order valence-corrected chi connectivity index (χ2v) is 7.61. The van der Waals surface area contributed by atoms with Gasteiger partial charge in [0, 0.05) is 12.1 Å². The number of nitro benzene ring substituents is 1. The van der Waals surface area contributed by atoms with Gasteiger partial charge in [-0.1, -0.05) is 36.4 Å². The summed E-state index contributed by atoms with van der Waals surface area (Å²) in [6.45, 7) is 3.96. The Hall–Kier alpha value is -4.59. The van der Waals surface area contributed by atoms with Gasteiger partial charge in [0.2, 0.25) is 0 Å². The number of amides is 1. The largest absolute Gasteiger partial charge is 0.485 e. The van der Waals surface area contributed by atoms with Crippen LogP contribution in [0.4, 0.5) is 11.4 Å². The number of aryl methyl sites for hydroxylation is 2. The molecule has 0 bridgehead atoms. The van der Waals surface area contributed by atoms with Crippen LogP contribution in [-0.2, 0) is 6.61 Å². The summed E-state index contributed by atoms with van der Waals surface area (Å²) >= 11 is 0. The lowest BCUT2D eigenvalue weighted by Crippen LogP contribution is -2.11. The zero-order valence-corrected chi connectivity index (χ0v) is 18.6. The molecule has 0 radical (unpaired) electrons. The van der Waals surface area contributed by atoms with Crippen LogP contribution in [0, 0.1) is 24.0 Å². The van der Waals surface area contributed by atoms with E-state index in [0.717, 1.165) is 16.9 Å². The van der Waals surface area contributed by atoms with E-state index < -0.39 is 10.8 Å². The molecule has 4 aromatic rings. The third-order valence-electron chi connectivity index (χ3n) is 5.03. The fraction of sp³-hybridized carbons (Fsp3) is 0.115. The van der Waals surface area contributed by atoms with Crippen LogP contribution >= 0.6 is 0 Å². The van der Waals surface area contributed by atoms with Crippen LogP contribution in [-0.4, -0.2) is 10.8 Å². The molecule has 34 heavy (non-hydrogen) atoms. The summed E-state index contributed by atoms with van der Waals surface area (Å²) < 4.78 is 17.2. The number of benzene rings is 3. The van der Waals surface area contributed by atoms with E-state index >= 15 is 0 Å². The molecule has 8 heteroatoms. The number of hydrogen-bond donors (Lipinski definition) is 1. The van der Waals surface area contributed by atoms with Gasteiger partial charge in [0.05, 0.1) is 16.7 Å². The molecule has 0 aliphatic heterocycles. The average Bonchev–Trinajstić information content (AvgIpc) is 3.29. The van der Waals surface area contributed by atoms with Crippen LogP contribution in [0.3, 0.4) is 0 Å². The Morgan fingerprint density at radius 1 is 0.941 bits per heavy atom. The third kappa shape index (κ3) is 5.42. The Kier molecular flexibility index (Phi) is 6.59. The van der Waals surface area contributed by atoms with Gasteiger partial charge < -0.3 is 19.2 Å². The first-order valence-electron chi connectivity index (χ1n) is 10.5. The summed E-state index contributed by atoms with van der Waals surface area (Å²) in [5.74, 6) is 1.48. The van der Waals surface area contributed by atoms with Crippen molar-refractivity contribution in [3.05, 3.63) is 112 Å². The summed E-state index contributed by atoms with van der Waals surface area (Å²) in [6.07, 6.45) is 0. The molecule has 3 aromatic carbocycles. The molecular formula is C26H22N2O6. The Bertz CT molecular complexity index is 1340. The molecule has 1 amide bonds. The zero-order valence-electron chi connectivity index (χ0n) is 18.6. The predicted octanol–water partition coefficient (Wildman–Crippen LogP) is 6.43. The Balaban J connectivity index is 1.48. The molecule has 0 saturated carbocycles. The van der Waals surface area contributed by atoms with Crippen LogP contribution < -0.4 is 14.8 Å². The predicted molar refractivity (Wildman–Crippen MR) is 127 cm³/mol. The highest BCUT2D eigenvalue weighted by Gasteiger charge is 2.17. The Morgan fingerprint density at radius 2 is 1.62 bits per heavy atom. The van der Waals surface area contributed by atoms with Gasteiger partial charge in [0.1, 0.15) is 29.6 Å². The molecule has 0 aliphatic carbocycles. The second-order valence-electron chi connectivity index (χ2n) is 7.61. The van der Waals surface area contributed by atoms with E-state index in [9.17, 15) is 14.9 Å². The highest BCUT2D eigenvalue weighted by Crippen LogP contribution is 2.31. The summed E-state index contributed by atoms with van der Waals surface area (Å²) in [4.78, 5) is 23.6. The van der Waals surface area contributed by atoms with Gasteiger partial charge in [0.15, 0.2) is 5.76 Å². The van der Waals surface area contributed by atoms with Gasteiger partial charge in [-0.2, -0.15) is 0 Å². The molecule has 1 N–H and O–H groups in total. The molecule has 8 nitrogen and oxygen atoms in total. The molecule has 1 heterocycles. The van der Waals surface area contributed by atoms with Crippen LogP contribution in [0.5, 0.6) is 17.2 Å². The van der Waals surface area contributed by atoms with E-state index in [-0.39, 0.29) is 29.5 Å². The molecule has 0 atom stereocenters. The number of furan rings is 1. The van der Waals surface area contributed by atoms with Crippen molar-refractivity contribution in [2.75, 3.05) is 5.32 Å². The summed E-state index contributed by atoms with van der Waals surface area (Å²) in [7, 11) is 0. The minimum atomic E-state index is -0.551. The lowest BCUT2D eigenvalue weighted by molar-refractivity contribution is -0.384. The maximum Gasteiger partial charge on any atom is 0.291 e. The van der Waals surface area contributed by atoms with Gasteiger partial charge in [-0.05, 0) is 49.2 Å². The first kappa shape index (κ1) is 22.6. The zero-order chi connectivity index (χ0) is 24.1. The van der Waals surface area contributed by atoms with Crippen molar-refractivity contribution in [3.8, 4) is 17.2 Å². The molecule has 4 rings (SSSR count). The van der Waals surface area contributed by atoms with E-state index in [4.69, 9.17) is 13.9 Å². The molecule has 0 aliphatic rings. The van der Waals surface area contributed by atoms with Crippen molar-refractivity contribution in [1.29, 1.82) is 0 Å². The minimum Gasteiger partial charge on any atom is -0.485 e. The molecule has 1 aromatic heterocycles. The Morgan fingerprint density at radius 3 is 2.29 bits per heavy atom. The number of hydrogen-bond acceptors (Lipinski definition) is 6. The number of anilines is 1. The lowest BCUT2D eigenvalue weighted by Gasteiger charge is -2.10. The summed E-state index contributed by atoms with van der Waals surface area (Å²) in [5.41, 5.74) is 1.85. The normalized spacial score (nSPS) is 10.5. The second kappa shape index (κ2) is 9.91. The molecule has 0 fully saturated rings. The standard InChI is InChI=1S/C26H22N2O6/c1-17-7-3-5-9-23(17)32-16-21-11-12-25(33-21)26(29)27-19-13-20(28(30)31)15-22(14-19)34-24-10-6-4-8-18(24)2/h3-15H,16H2,1-2H3,(H,27,29). The van der Waals surface area contributed by atoms with Crippen LogP contribution in [0.15, 0.2) is 83.3 Å². The minimum absolute atomic E-state index is 0.0521. The maximum absolute atomic E-state index is 12.7. The number of carbonyl (C=O) groups is 1. The molecule has 172 valence electrons. The van der Waals surface area contributed by atoms with Crippen molar-refractivity contribution >= 4 is 17.3 Å². The Labute approximate surface area is 195 Å². The third-order valence-corrected chi connectivity index (χ3v) is 5.03. The maximum atomic E-state index is 12.7. The van der Waals surface area contributed by atoms with Gasteiger partial charge in [-0.25, -0.2) is 0 Å². The van der Waals surface area contributed by atoms with Gasteiger partial charge in [-0.15, -0.1) is 0 Å². The number of ether oxygens (including phenoxy) is 2. The van der Waals surface area contributed by atoms with E-state index in [1.54, 1.807) is 18.2 Å². The van der Waals surface area contributed by atoms with Crippen molar-refractivity contribution < 1.29 is 23.6 Å². The number of non-ortho nitro benzene ring substituents is 1. The molecule has 0 saturated heterocycles. The topological polar surface area (TPSA) is 104 Å². The number of nitro groups is 1. The van der Waals surface area contributed by atoms with Crippen molar-refractivity contribution in [2.24, 2.45) is 0 Å². The number of nitrogens with zero attached hydrogens (tertiary/aromatic N) is 1. The number of nitrogens with one attached hydrogen (secondary N) is 1. The molecular weight excluding hydrogens is 436 g/mol. The van der Waals surface area contributed by atoms with E-state index in [1.807, 2.05) is 50.2 Å². The monoisotopic (exact) mass is 458 g/mol. The van der Waals surface area contributed by atoms with Crippen LogP contribution in [0.25, 0.3) is 0 Å². The molecule has 0 unspecified atom stereocenters. The summed E-state index contributed by atoms with van der Waals surface area (Å²) in [5, 5.41) is 14.0. The van der Waals surface area contributed by atoms with Crippen molar-refractivity contribution in [3.63, 3.8) is 0 Å². The number of carbonyl (C=O) groups excluding carboxylic acids is 1. The van der Waals surface area contributed by atoms with Crippen LogP contribution in [0.1, 0.15) is 27.4 Å². The highest BCUT2D eigenvalue weighted by molar-refractivity contribution is 6.02. The average molecular weight is 458 g/mol. The van der Waals surface area contributed by atoms with E-state index in [0.29, 0.717) is 11.5 Å². The first-order valence-corrected chi connectivity index (χ1v) is 10.5. The fourth-order valence-electron chi connectivity index (χ4n) is 3.26. The fourth-order valence-corrected chi connectivity index (χ4v) is 3.26. The van der Waals surface area contributed by atoms with E-state index in [1.165, 1.54) is 24.3 Å². The smallest absolute Gasteiger partial charge is 0.291 e. The van der Waals surface area contributed by atoms with E-state index in [2.05, 4.69) is 5.32 Å². The highest BCUT2D eigenvalue weighted by atomic mass is 16.6. The number of para-hydroxylation sites is 2. The lowest BCUT2D eigenvalue weighted by atomic mass is 10.2. The van der Waals surface area contributed by atoms with Crippen molar-refractivity contribution in [2.45, 2.75) is 20.5 Å². The molecule has 0 spiro atoms. The number of rotatable bonds is 8. The van der Waals surface area contributed by atoms with Gasteiger partial charge in [0.25, 0.3) is 11.6 Å². The van der Waals surface area contributed by atoms with Crippen LogP contribution in [0.2, 0.25) is 0 Å². The van der Waals surface area contributed by atoms with Gasteiger partial charge >= 0.3 is 0 Å². The van der Waals surface area contributed by atoms with Gasteiger partial charge in [-0.3, -0.25) is 14.9 Å². The first-order chi connectivity index (χ1) is 16.4. The SMILES string of the molecule is Cc1ccccc1OCc1ccc(C(=O)Nc2cc(Oc3ccccc3C)cc([N+](=O)[O-])c2)o1. The van der Waals surface area contributed by atoms with Crippen molar-refractivity contribution in [1.82, 2.24) is 0 Å². The quantitative estimate of drug-likeness (QED) is 0.241.